The number of rotatable bonds is 13. The molecule has 1 aromatic heterocycles. The lowest BCUT2D eigenvalue weighted by molar-refractivity contribution is 0.0207. The number of hydrogen-bond acceptors (Lipinski definition) is 6. The van der Waals surface area contributed by atoms with Gasteiger partial charge < -0.3 is 23.7 Å². The van der Waals surface area contributed by atoms with Gasteiger partial charge in [-0.05, 0) is 76.0 Å². The van der Waals surface area contributed by atoms with Gasteiger partial charge in [0.05, 0.1) is 5.52 Å². The van der Waals surface area contributed by atoms with E-state index in [1.54, 1.807) is 6.07 Å². The normalized spacial score (nSPS) is 11.7. The van der Waals surface area contributed by atoms with Crippen LogP contribution < -0.4 is 9.47 Å². The Morgan fingerprint density at radius 1 is 0.930 bits per heavy atom. The first-order chi connectivity index (χ1) is 20.6. The molecular weight excluding hydrogens is 538 g/mol. The Bertz CT molecular complexity index is 1500. The average molecular weight is 586 g/mol. The third-order valence-corrected chi connectivity index (χ3v) is 7.53. The SMILES string of the molecule is CCCCc1nc2c(C)ccc(OCCN(CC)CC)c2n1Cc1ccc(-c2ccccc2OC(=O)OC(C)(C)C)cc1. The number of carbonyl (C=O) groups excluding carboxylic acids is 1. The molecule has 0 N–H and O–H groups in total. The molecule has 0 radical (unpaired) electrons. The Balaban J connectivity index is 1.63. The molecule has 1 heterocycles. The van der Waals surface area contributed by atoms with Gasteiger partial charge in [-0.1, -0.05) is 75.7 Å². The summed E-state index contributed by atoms with van der Waals surface area (Å²) in [5, 5.41) is 0. The number of ether oxygens (including phenoxy) is 3. The number of nitrogens with zero attached hydrogens (tertiary/aromatic N) is 3. The molecule has 4 aromatic rings. The minimum atomic E-state index is -0.714. The number of likely N-dealkylation sites (N-methyl/N-ethyl adjacent to an activating group) is 1. The predicted octanol–water partition coefficient (Wildman–Crippen LogP) is 8.44. The van der Waals surface area contributed by atoms with Crippen LogP contribution >= 0.6 is 0 Å². The van der Waals surface area contributed by atoms with E-state index in [2.05, 4.69) is 73.6 Å². The highest BCUT2D eigenvalue weighted by Crippen LogP contribution is 2.33. The van der Waals surface area contributed by atoms with Crippen molar-refractivity contribution in [1.82, 2.24) is 14.5 Å². The topological polar surface area (TPSA) is 65.8 Å². The van der Waals surface area contributed by atoms with Crippen LogP contribution in [-0.2, 0) is 17.7 Å². The highest BCUT2D eigenvalue weighted by Gasteiger charge is 2.20. The Kier molecular flexibility index (Phi) is 10.9. The molecular formula is C36H47N3O4. The van der Waals surface area contributed by atoms with E-state index in [1.807, 2.05) is 39.0 Å². The van der Waals surface area contributed by atoms with Crippen molar-refractivity contribution in [3.8, 4) is 22.6 Å². The van der Waals surface area contributed by atoms with Gasteiger partial charge >= 0.3 is 6.16 Å². The molecule has 7 heteroatoms. The summed E-state index contributed by atoms with van der Waals surface area (Å²) < 4.78 is 19.7. The van der Waals surface area contributed by atoms with Crippen molar-refractivity contribution in [2.24, 2.45) is 0 Å². The summed E-state index contributed by atoms with van der Waals surface area (Å²) in [5.74, 6) is 2.43. The van der Waals surface area contributed by atoms with Crippen LogP contribution in [0.15, 0.2) is 60.7 Å². The number of hydrogen-bond donors (Lipinski definition) is 0. The Labute approximate surface area is 256 Å². The van der Waals surface area contributed by atoms with Gasteiger partial charge in [0.25, 0.3) is 0 Å². The smallest absolute Gasteiger partial charge is 0.490 e. The zero-order valence-electron chi connectivity index (χ0n) is 26.9. The number of fused-ring (bicyclic) bond motifs is 1. The second kappa shape index (κ2) is 14.6. The molecule has 0 aliphatic carbocycles. The van der Waals surface area contributed by atoms with Gasteiger partial charge in [-0.2, -0.15) is 0 Å². The van der Waals surface area contributed by atoms with Crippen molar-refractivity contribution in [2.75, 3.05) is 26.2 Å². The molecule has 0 saturated carbocycles. The Morgan fingerprint density at radius 3 is 2.33 bits per heavy atom. The van der Waals surface area contributed by atoms with Gasteiger partial charge in [0.15, 0.2) is 0 Å². The van der Waals surface area contributed by atoms with Crippen molar-refractivity contribution in [2.45, 2.75) is 79.9 Å². The van der Waals surface area contributed by atoms with E-state index in [9.17, 15) is 4.79 Å². The van der Waals surface area contributed by atoms with Crippen LogP contribution in [0.1, 0.15) is 71.3 Å². The van der Waals surface area contributed by atoms with Crippen LogP contribution in [0.5, 0.6) is 11.5 Å². The van der Waals surface area contributed by atoms with Crippen LogP contribution in [0.4, 0.5) is 4.79 Å². The summed E-state index contributed by atoms with van der Waals surface area (Å²) in [6.07, 6.45) is 2.38. The predicted molar refractivity (Wildman–Crippen MR) is 174 cm³/mol. The van der Waals surface area contributed by atoms with E-state index in [0.29, 0.717) is 18.9 Å². The third-order valence-electron chi connectivity index (χ3n) is 7.53. The molecule has 230 valence electrons. The Hall–Kier alpha value is -3.84. The largest absolute Gasteiger partial charge is 0.514 e. The summed E-state index contributed by atoms with van der Waals surface area (Å²) in [7, 11) is 0. The first-order valence-corrected chi connectivity index (χ1v) is 15.6. The van der Waals surface area contributed by atoms with E-state index in [-0.39, 0.29) is 0 Å². The van der Waals surface area contributed by atoms with Gasteiger partial charge in [0, 0.05) is 25.1 Å². The third kappa shape index (κ3) is 8.38. The zero-order valence-corrected chi connectivity index (χ0v) is 26.9. The van der Waals surface area contributed by atoms with Crippen LogP contribution in [0, 0.1) is 6.92 Å². The molecule has 0 aliphatic rings. The fraction of sp³-hybridized carbons (Fsp3) is 0.444. The quantitative estimate of drug-likeness (QED) is 0.116. The molecule has 0 aliphatic heterocycles. The fourth-order valence-electron chi connectivity index (χ4n) is 5.15. The molecule has 0 fully saturated rings. The van der Waals surface area contributed by atoms with Crippen molar-refractivity contribution >= 4 is 17.2 Å². The lowest BCUT2D eigenvalue weighted by Gasteiger charge is -2.19. The van der Waals surface area contributed by atoms with Crippen LogP contribution in [0.2, 0.25) is 0 Å². The summed E-state index contributed by atoms with van der Waals surface area (Å²) in [6.45, 7) is 18.4. The first-order valence-electron chi connectivity index (χ1n) is 15.6. The standard InChI is InChI=1S/C36H47N3O4/c1-8-11-16-32-37-33-26(4)17-22-31(41-24-23-38(9-2)10-3)34(33)39(32)25-27-18-20-28(21-19-27)29-14-12-13-15-30(29)42-35(40)43-36(5,6)7/h12-15,17-22H,8-11,16,23-25H2,1-7H3. The van der Waals surface area contributed by atoms with Crippen LogP contribution in [0.25, 0.3) is 22.2 Å². The lowest BCUT2D eigenvalue weighted by Crippen LogP contribution is -2.28. The van der Waals surface area contributed by atoms with Crippen LogP contribution in [0.3, 0.4) is 0 Å². The maximum atomic E-state index is 12.4. The van der Waals surface area contributed by atoms with Gasteiger partial charge in [-0.15, -0.1) is 0 Å². The number of para-hydroxylation sites is 1. The van der Waals surface area contributed by atoms with Crippen molar-refractivity contribution in [1.29, 1.82) is 0 Å². The average Bonchev–Trinajstić information content (AvgIpc) is 3.34. The molecule has 3 aromatic carbocycles. The maximum absolute atomic E-state index is 12.4. The molecule has 0 spiro atoms. The number of carbonyl (C=O) groups is 1. The summed E-state index contributed by atoms with van der Waals surface area (Å²) in [4.78, 5) is 19.9. The molecule has 4 rings (SSSR count). The molecule has 0 bridgehead atoms. The van der Waals surface area contributed by atoms with Gasteiger partial charge in [-0.3, -0.25) is 0 Å². The van der Waals surface area contributed by atoms with E-state index in [1.165, 1.54) is 0 Å². The summed E-state index contributed by atoms with van der Waals surface area (Å²) >= 11 is 0. The number of benzene rings is 3. The van der Waals surface area contributed by atoms with Crippen molar-refractivity contribution in [3.63, 3.8) is 0 Å². The molecule has 0 atom stereocenters. The maximum Gasteiger partial charge on any atom is 0.514 e. The number of aromatic nitrogens is 2. The van der Waals surface area contributed by atoms with Gasteiger partial charge in [-0.25, -0.2) is 9.78 Å². The summed E-state index contributed by atoms with van der Waals surface area (Å²) in [6, 6.07) is 20.1. The first kappa shape index (κ1) is 32.1. The minimum Gasteiger partial charge on any atom is -0.490 e. The van der Waals surface area contributed by atoms with E-state index in [4.69, 9.17) is 19.2 Å². The van der Waals surface area contributed by atoms with E-state index in [0.717, 1.165) is 83.8 Å². The molecule has 0 amide bonds. The molecule has 43 heavy (non-hydrogen) atoms. The minimum absolute atomic E-state index is 0.467. The summed E-state index contributed by atoms with van der Waals surface area (Å²) in [5.41, 5.74) is 5.54. The molecule has 7 nitrogen and oxygen atoms in total. The number of unbranched alkanes of at least 4 members (excludes halogenated alkanes) is 1. The number of aryl methyl sites for hydroxylation is 2. The van der Waals surface area contributed by atoms with Crippen molar-refractivity contribution < 1.29 is 19.0 Å². The lowest BCUT2D eigenvalue weighted by atomic mass is 10.0. The van der Waals surface area contributed by atoms with E-state index < -0.39 is 11.8 Å². The van der Waals surface area contributed by atoms with Crippen molar-refractivity contribution in [3.05, 3.63) is 77.6 Å². The van der Waals surface area contributed by atoms with Gasteiger partial charge in [0.1, 0.15) is 35.0 Å². The highest BCUT2D eigenvalue weighted by atomic mass is 16.7. The fourth-order valence-corrected chi connectivity index (χ4v) is 5.15. The second-order valence-electron chi connectivity index (χ2n) is 11.9. The van der Waals surface area contributed by atoms with E-state index >= 15 is 0 Å². The monoisotopic (exact) mass is 585 g/mol. The zero-order chi connectivity index (χ0) is 31.0. The van der Waals surface area contributed by atoms with Gasteiger partial charge in [0.2, 0.25) is 0 Å². The second-order valence-corrected chi connectivity index (χ2v) is 11.9. The Morgan fingerprint density at radius 2 is 1.65 bits per heavy atom. The molecule has 0 saturated heterocycles. The molecule has 0 unspecified atom stereocenters. The van der Waals surface area contributed by atoms with Crippen LogP contribution in [-0.4, -0.2) is 52.4 Å². The highest BCUT2D eigenvalue weighted by molar-refractivity contribution is 5.86. The number of imidazole rings is 1.